The second kappa shape index (κ2) is 6.81. The number of aryl methyl sites for hydroxylation is 2. The van der Waals surface area contributed by atoms with Gasteiger partial charge in [-0.05, 0) is 39.2 Å². The fourth-order valence-corrected chi connectivity index (χ4v) is 2.95. The Morgan fingerprint density at radius 1 is 1.18 bits per heavy atom. The second-order valence-corrected chi connectivity index (χ2v) is 6.19. The normalized spacial score (nSPS) is 17.1. The summed E-state index contributed by atoms with van der Waals surface area (Å²) < 4.78 is 0. The molecule has 2 amide bonds. The summed E-state index contributed by atoms with van der Waals surface area (Å²) in [4.78, 5) is 24.9. The number of carboxylic acids is 1. The van der Waals surface area contributed by atoms with Crippen LogP contribution in [0, 0.1) is 19.8 Å². The number of aliphatic carboxylic acids is 1. The van der Waals surface area contributed by atoms with E-state index < -0.39 is 5.97 Å². The first-order valence-electron chi connectivity index (χ1n) is 7.73. The van der Waals surface area contributed by atoms with E-state index in [4.69, 9.17) is 5.11 Å². The SMILES string of the molecule is Cc1cc(C)cc(C(C)NC(=O)N2CCC(C(=O)O)CC2)c1. The van der Waals surface area contributed by atoms with Crippen molar-refractivity contribution in [3.63, 3.8) is 0 Å². The molecule has 1 aromatic carbocycles. The minimum Gasteiger partial charge on any atom is -0.481 e. The Hall–Kier alpha value is -2.04. The Labute approximate surface area is 131 Å². The van der Waals surface area contributed by atoms with Crippen LogP contribution < -0.4 is 5.32 Å². The fourth-order valence-electron chi connectivity index (χ4n) is 2.95. The highest BCUT2D eigenvalue weighted by Crippen LogP contribution is 2.20. The third-order valence-electron chi connectivity index (χ3n) is 4.22. The highest BCUT2D eigenvalue weighted by Gasteiger charge is 2.27. The molecular formula is C17H24N2O3. The first-order chi connectivity index (χ1) is 10.4. The van der Waals surface area contributed by atoms with Crippen molar-refractivity contribution in [2.45, 2.75) is 39.7 Å². The van der Waals surface area contributed by atoms with E-state index in [1.165, 1.54) is 11.1 Å². The molecule has 1 aromatic rings. The topological polar surface area (TPSA) is 69.6 Å². The fraction of sp³-hybridized carbons (Fsp3) is 0.529. The van der Waals surface area contributed by atoms with Gasteiger partial charge in [-0.3, -0.25) is 4.79 Å². The largest absolute Gasteiger partial charge is 0.481 e. The van der Waals surface area contributed by atoms with Crippen molar-refractivity contribution in [3.05, 3.63) is 34.9 Å². The molecule has 0 saturated carbocycles. The second-order valence-electron chi connectivity index (χ2n) is 6.19. The minimum atomic E-state index is -0.760. The maximum atomic E-state index is 12.3. The van der Waals surface area contributed by atoms with E-state index in [0.717, 1.165) is 5.56 Å². The van der Waals surface area contributed by atoms with Gasteiger partial charge in [0.05, 0.1) is 12.0 Å². The number of hydrogen-bond donors (Lipinski definition) is 2. The molecule has 1 aliphatic rings. The molecule has 2 rings (SSSR count). The van der Waals surface area contributed by atoms with Crippen LogP contribution in [-0.4, -0.2) is 35.1 Å². The Bertz CT molecular complexity index is 543. The number of nitrogens with zero attached hydrogens (tertiary/aromatic N) is 1. The van der Waals surface area contributed by atoms with Crippen molar-refractivity contribution in [1.82, 2.24) is 10.2 Å². The monoisotopic (exact) mass is 304 g/mol. The van der Waals surface area contributed by atoms with Gasteiger partial charge >= 0.3 is 12.0 Å². The van der Waals surface area contributed by atoms with Crippen LogP contribution in [0.25, 0.3) is 0 Å². The van der Waals surface area contributed by atoms with Crippen LogP contribution in [0.4, 0.5) is 4.79 Å². The number of carbonyl (C=O) groups excluding carboxylic acids is 1. The molecule has 2 N–H and O–H groups in total. The average Bonchev–Trinajstić information content (AvgIpc) is 2.46. The van der Waals surface area contributed by atoms with Crippen LogP contribution in [0.3, 0.4) is 0 Å². The zero-order valence-electron chi connectivity index (χ0n) is 13.4. The van der Waals surface area contributed by atoms with Gasteiger partial charge in [0.2, 0.25) is 0 Å². The van der Waals surface area contributed by atoms with E-state index in [1.54, 1.807) is 4.90 Å². The zero-order chi connectivity index (χ0) is 16.3. The van der Waals surface area contributed by atoms with Gasteiger partial charge in [0.1, 0.15) is 0 Å². The number of likely N-dealkylation sites (tertiary alicyclic amines) is 1. The number of benzene rings is 1. The number of nitrogens with one attached hydrogen (secondary N) is 1. The predicted molar refractivity (Wildman–Crippen MR) is 84.8 cm³/mol. The van der Waals surface area contributed by atoms with E-state index in [0.29, 0.717) is 25.9 Å². The van der Waals surface area contributed by atoms with Gasteiger partial charge in [-0.25, -0.2) is 4.79 Å². The third-order valence-corrected chi connectivity index (χ3v) is 4.22. The summed E-state index contributed by atoms with van der Waals surface area (Å²) >= 11 is 0. The molecule has 1 saturated heterocycles. The summed E-state index contributed by atoms with van der Waals surface area (Å²) in [6, 6.07) is 6.08. The standard InChI is InChI=1S/C17H24N2O3/c1-11-8-12(2)10-15(9-11)13(3)18-17(22)19-6-4-14(5-7-19)16(20)21/h8-10,13-14H,4-7H2,1-3H3,(H,18,22)(H,20,21). The molecule has 22 heavy (non-hydrogen) atoms. The summed E-state index contributed by atoms with van der Waals surface area (Å²) in [5.74, 6) is -1.08. The van der Waals surface area contributed by atoms with Crippen LogP contribution in [-0.2, 0) is 4.79 Å². The molecule has 0 radical (unpaired) electrons. The van der Waals surface area contributed by atoms with Crippen LogP contribution >= 0.6 is 0 Å². The van der Waals surface area contributed by atoms with Gasteiger partial charge in [-0.15, -0.1) is 0 Å². The first-order valence-corrected chi connectivity index (χ1v) is 7.73. The smallest absolute Gasteiger partial charge is 0.317 e. The molecule has 1 unspecified atom stereocenters. The van der Waals surface area contributed by atoms with Gasteiger partial charge in [-0.1, -0.05) is 29.3 Å². The third kappa shape index (κ3) is 4.00. The zero-order valence-corrected chi connectivity index (χ0v) is 13.4. The summed E-state index contributed by atoms with van der Waals surface area (Å²) in [5, 5.41) is 12.0. The van der Waals surface area contributed by atoms with Gasteiger partial charge in [0.15, 0.2) is 0 Å². The highest BCUT2D eigenvalue weighted by molar-refractivity contribution is 5.75. The van der Waals surface area contributed by atoms with Crippen molar-refractivity contribution >= 4 is 12.0 Å². The average molecular weight is 304 g/mol. The molecule has 1 aliphatic heterocycles. The maximum Gasteiger partial charge on any atom is 0.317 e. The Morgan fingerprint density at radius 3 is 2.23 bits per heavy atom. The molecule has 120 valence electrons. The summed E-state index contributed by atoms with van der Waals surface area (Å²) in [6.07, 6.45) is 1.06. The van der Waals surface area contributed by atoms with Crippen LogP contribution in [0.1, 0.15) is 42.5 Å². The lowest BCUT2D eigenvalue weighted by Crippen LogP contribution is -2.46. The molecular weight excluding hydrogens is 280 g/mol. The van der Waals surface area contributed by atoms with E-state index in [2.05, 4.69) is 23.5 Å². The number of piperidine rings is 1. The van der Waals surface area contributed by atoms with E-state index in [-0.39, 0.29) is 18.0 Å². The number of rotatable bonds is 3. The van der Waals surface area contributed by atoms with Crippen molar-refractivity contribution in [2.75, 3.05) is 13.1 Å². The van der Waals surface area contributed by atoms with Crippen LogP contribution in [0.15, 0.2) is 18.2 Å². The lowest BCUT2D eigenvalue weighted by Gasteiger charge is -2.31. The molecule has 1 atom stereocenters. The number of carbonyl (C=O) groups is 2. The van der Waals surface area contributed by atoms with Gasteiger partial charge in [0, 0.05) is 13.1 Å². The molecule has 0 spiro atoms. The van der Waals surface area contributed by atoms with E-state index >= 15 is 0 Å². The van der Waals surface area contributed by atoms with Crippen molar-refractivity contribution in [1.29, 1.82) is 0 Å². The Morgan fingerprint density at radius 2 is 1.73 bits per heavy atom. The van der Waals surface area contributed by atoms with Crippen molar-refractivity contribution in [2.24, 2.45) is 5.92 Å². The summed E-state index contributed by atoms with van der Waals surface area (Å²) in [6.45, 7) is 7.06. The van der Waals surface area contributed by atoms with Gasteiger partial charge < -0.3 is 15.3 Å². The van der Waals surface area contributed by atoms with Gasteiger partial charge in [-0.2, -0.15) is 0 Å². The minimum absolute atomic E-state index is 0.0664. The summed E-state index contributed by atoms with van der Waals surface area (Å²) in [5.41, 5.74) is 3.45. The van der Waals surface area contributed by atoms with Gasteiger partial charge in [0.25, 0.3) is 0 Å². The first kappa shape index (κ1) is 16.3. The number of hydrogen-bond acceptors (Lipinski definition) is 2. The molecule has 5 heteroatoms. The number of urea groups is 1. The highest BCUT2D eigenvalue weighted by atomic mass is 16.4. The molecule has 5 nitrogen and oxygen atoms in total. The van der Waals surface area contributed by atoms with E-state index in [9.17, 15) is 9.59 Å². The summed E-state index contributed by atoms with van der Waals surface area (Å²) in [7, 11) is 0. The number of amides is 2. The Kier molecular flexibility index (Phi) is 5.06. The predicted octanol–water partition coefficient (Wildman–Crippen LogP) is 2.87. The quantitative estimate of drug-likeness (QED) is 0.902. The Balaban J connectivity index is 1.93. The lowest BCUT2D eigenvalue weighted by molar-refractivity contribution is -0.143. The molecule has 0 aromatic heterocycles. The molecule has 1 fully saturated rings. The molecule has 0 bridgehead atoms. The van der Waals surface area contributed by atoms with E-state index in [1.807, 2.05) is 20.8 Å². The van der Waals surface area contributed by atoms with Crippen LogP contribution in [0.5, 0.6) is 0 Å². The van der Waals surface area contributed by atoms with Crippen LogP contribution in [0.2, 0.25) is 0 Å². The lowest BCUT2D eigenvalue weighted by atomic mass is 9.97. The van der Waals surface area contributed by atoms with Crippen molar-refractivity contribution < 1.29 is 14.7 Å². The van der Waals surface area contributed by atoms with Crippen molar-refractivity contribution in [3.8, 4) is 0 Å². The molecule has 1 heterocycles. The maximum absolute atomic E-state index is 12.3. The molecule has 0 aliphatic carbocycles. The number of carboxylic acid groups (broad SMARTS) is 1.